The molecule has 2 aliphatic rings. The molecule has 0 saturated carbocycles. The number of anilines is 1. The average Bonchev–Trinajstić information content (AvgIpc) is 3.13. The molecule has 8 heteroatoms. The topological polar surface area (TPSA) is 86.4 Å². The van der Waals surface area contributed by atoms with Crippen LogP contribution >= 0.6 is 0 Å². The van der Waals surface area contributed by atoms with Crippen LogP contribution < -0.4 is 20.9 Å². The number of pyridine rings is 1. The molecule has 30 heavy (non-hydrogen) atoms. The van der Waals surface area contributed by atoms with Gasteiger partial charge in [0.2, 0.25) is 11.8 Å². The van der Waals surface area contributed by atoms with E-state index in [0.29, 0.717) is 29.7 Å². The van der Waals surface area contributed by atoms with Gasteiger partial charge in [-0.1, -0.05) is 12.1 Å². The summed E-state index contributed by atoms with van der Waals surface area (Å²) in [7, 11) is 0. The van der Waals surface area contributed by atoms with Crippen LogP contribution in [0.1, 0.15) is 24.8 Å². The lowest BCUT2D eigenvalue weighted by Gasteiger charge is -2.28. The predicted octanol–water partition coefficient (Wildman–Crippen LogP) is 1.41. The van der Waals surface area contributed by atoms with Gasteiger partial charge < -0.3 is 20.9 Å². The number of carbonyl (C=O) groups excluding carboxylic acids is 2. The highest BCUT2D eigenvalue weighted by Crippen LogP contribution is 2.31. The van der Waals surface area contributed by atoms with Gasteiger partial charge in [0.05, 0.1) is 5.92 Å². The summed E-state index contributed by atoms with van der Waals surface area (Å²) >= 11 is 0. The fraction of sp³-hybridized carbons (Fsp3) is 0.409. The molecule has 4 rings (SSSR count). The molecule has 2 saturated heterocycles. The van der Waals surface area contributed by atoms with Crippen LogP contribution in [0.15, 0.2) is 36.5 Å². The molecule has 0 bridgehead atoms. The van der Waals surface area contributed by atoms with Crippen molar-refractivity contribution < 1.29 is 14.0 Å². The van der Waals surface area contributed by atoms with Crippen molar-refractivity contribution >= 4 is 17.6 Å². The predicted molar refractivity (Wildman–Crippen MR) is 113 cm³/mol. The minimum absolute atomic E-state index is 0.139. The second-order valence-corrected chi connectivity index (χ2v) is 7.81. The zero-order chi connectivity index (χ0) is 21.1. The fourth-order valence-corrected chi connectivity index (χ4v) is 4.05. The Morgan fingerprint density at radius 3 is 2.73 bits per heavy atom. The van der Waals surface area contributed by atoms with Gasteiger partial charge in [0.25, 0.3) is 0 Å². The maximum absolute atomic E-state index is 14.9. The maximum Gasteiger partial charge on any atom is 0.227 e. The van der Waals surface area contributed by atoms with Crippen LogP contribution in [0.4, 0.5) is 10.2 Å². The zero-order valence-electron chi connectivity index (χ0n) is 17.0. The standard InChI is InChI=1S/C22H26FN5O2/c1-14(29)25-13-17-11-19(22(30)27-17)15-2-4-18(20(23)10-15)16-3-5-21(26-12-16)28-8-6-24-7-9-28/h2-5,10,12,17,19,24H,6-9,11,13H2,1H3,(H,25,29)(H,27,30)/t17-,19-/m0/s1. The number of nitrogens with one attached hydrogen (secondary N) is 3. The largest absolute Gasteiger partial charge is 0.354 e. The quantitative estimate of drug-likeness (QED) is 0.693. The van der Waals surface area contributed by atoms with E-state index in [4.69, 9.17) is 0 Å². The van der Waals surface area contributed by atoms with Gasteiger partial charge in [-0.25, -0.2) is 9.37 Å². The molecule has 0 aliphatic carbocycles. The number of benzene rings is 1. The lowest BCUT2D eigenvalue weighted by Crippen LogP contribution is -2.43. The van der Waals surface area contributed by atoms with E-state index in [2.05, 4.69) is 25.8 Å². The average molecular weight is 411 g/mol. The minimum Gasteiger partial charge on any atom is -0.354 e. The van der Waals surface area contributed by atoms with Crippen LogP contribution in [0.3, 0.4) is 0 Å². The van der Waals surface area contributed by atoms with Gasteiger partial charge in [-0.05, 0) is 30.2 Å². The van der Waals surface area contributed by atoms with Crippen LogP contribution in [0, 0.1) is 5.82 Å². The summed E-state index contributed by atoms with van der Waals surface area (Å²) in [6, 6.07) is 8.61. The Balaban J connectivity index is 1.47. The van der Waals surface area contributed by atoms with Crippen LogP contribution in [0.25, 0.3) is 11.1 Å². The third kappa shape index (κ3) is 4.43. The Hall–Kier alpha value is -3.00. The van der Waals surface area contributed by atoms with Crippen molar-refractivity contribution in [1.29, 1.82) is 0 Å². The Kier molecular flexibility index (Phi) is 5.94. The van der Waals surface area contributed by atoms with Gasteiger partial charge in [0.15, 0.2) is 0 Å². The third-order valence-electron chi connectivity index (χ3n) is 5.68. The Bertz CT molecular complexity index is 928. The van der Waals surface area contributed by atoms with Crippen molar-refractivity contribution in [2.45, 2.75) is 25.3 Å². The van der Waals surface area contributed by atoms with Crippen LogP contribution in [-0.4, -0.2) is 55.6 Å². The van der Waals surface area contributed by atoms with E-state index >= 15 is 0 Å². The van der Waals surface area contributed by atoms with Crippen molar-refractivity contribution in [3.05, 3.63) is 47.9 Å². The number of aromatic nitrogens is 1. The molecule has 3 N–H and O–H groups in total. The molecule has 2 aromatic rings. The van der Waals surface area contributed by atoms with Gasteiger partial charge in [-0.15, -0.1) is 0 Å². The Labute approximate surface area is 175 Å². The Morgan fingerprint density at radius 1 is 1.27 bits per heavy atom. The molecular formula is C22H26FN5O2. The number of amides is 2. The highest BCUT2D eigenvalue weighted by Gasteiger charge is 2.33. The molecule has 0 radical (unpaired) electrons. The molecule has 2 atom stereocenters. The van der Waals surface area contributed by atoms with Crippen molar-refractivity contribution in [3.8, 4) is 11.1 Å². The highest BCUT2D eigenvalue weighted by molar-refractivity contribution is 5.86. The molecule has 2 amide bonds. The van der Waals surface area contributed by atoms with Crippen molar-refractivity contribution in [3.63, 3.8) is 0 Å². The Morgan fingerprint density at radius 2 is 2.07 bits per heavy atom. The molecule has 3 heterocycles. The first-order valence-electron chi connectivity index (χ1n) is 10.3. The summed E-state index contributed by atoms with van der Waals surface area (Å²) in [5, 5.41) is 8.88. The first-order valence-corrected chi connectivity index (χ1v) is 10.3. The highest BCUT2D eigenvalue weighted by atomic mass is 19.1. The third-order valence-corrected chi connectivity index (χ3v) is 5.68. The van der Waals surface area contributed by atoms with Gasteiger partial charge in [-0.3, -0.25) is 9.59 Å². The summed E-state index contributed by atoms with van der Waals surface area (Å²) in [5.74, 6) is -0.174. The summed E-state index contributed by atoms with van der Waals surface area (Å²) in [6.45, 7) is 5.49. The number of hydrogen-bond donors (Lipinski definition) is 3. The normalized spacial score (nSPS) is 21.4. The van der Waals surface area contributed by atoms with Gasteiger partial charge in [-0.2, -0.15) is 0 Å². The van der Waals surface area contributed by atoms with Gasteiger partial charge >= 0.3 is 0 Å². The molecule has 0 spiro atoms. The van der Waals surface area contributed by atoms with Crippen LogP contribution in [0.2, 0.25) is 0 Å². The van der Waals surface area contributed by atoms with E-state index in [9.17, 15) is 14.0 Å². The van der Waals surface area contributed by atoms with Crippen molar-refractivity contribution in [2.24, 2.45) is 0 Å². The molecular weight excluding hydrogens is 385 g/mol. The van der Waals surface area contributed by atoms with E-state index in [1.807, 2.05) is 12.1 Å². The molecule has 1 aromatic heterocycles. The lowest BCUT2D eigenvalue weighted by molar-refractivity contribution is -0.121. The summed E-state index contributed by atoms with van der Waals surface area (Å²) in [6.07, 6.45) is 2.22. The van der Waals surface area contributed by atoms with Crippen LogP contribution in [0.5, 0.6) is 0 Å². The first kappa shape index (κ1) is 20.3. The van der Waals surface area contributed by atoms with E-state index in [-0.39, 0.29) is 23.7 Å². The zero-order valence-corrected chi connectivity index (χ0v) is 17.0. The van der Waals surface area contributed by atoms with E-state index < -0.39 is 5.92 Å². The number of piperazine rings is 1. The molecule has 0 unspecified atom stereocenters. The van der Waals surface area contributed by atoms with Gasteiger partial charge in [0, 0.05) is 63.0 Å². The summed E-state index contributed by atoms with van der Waals surface area (Å²) in [4.78, 5) is 30.1. The number of hydrogen-bond acceptors (Lipinski definition) is 5. The maximum atomic E-state index is 14.9. The molecule has 1 aromatic carbocycles. The first-order chi connectivity index (χ1) is 14.5. The minimum atomic E-state index is -0.416. The van der Waals surface area contributed by atoms with Gasteiger partial charge in [0.1, 0.15) is 11.6 Å². The fourth-order valence-electron chi connectivity index (χ4n) is 4.05. The summed E-state index contributed by atoms with van der Waals surface area (Å²) < 4.78 is 14.9. The number of halogens is 1. The van der Waals surface area contributed by atoms with E-state index in [0.717, 1.165) is 32.0 Å². The monoisotopic (exact) mass is 411 g/mol. The number of rotatable bonds is 5. The van der Waals surface area contributed by atoms with Crippen molar-refractivity contribution in [1.82, 2.24) is 20.9 Å². The molecule has 2 fully saturated rings. The van der Waals surface area contributed by atoms with Crippen molar-refractivity contribution in [2.75, 3.05) is 37.6 Å². The second-order valence-electron chi connectivity index (χ2n) is 7.81. The van der Waals surface area contributed by atoms with E-state index in [1.165, 1.54) is 13.0 Å². The molecule has 158 valence electrons. The van der Waals surface area contributed by atoms with Crippen LogP contribution in [-0.2, 0) is 9.59 Å². The second kappa shape index (κ2) is 8.79. The smallest absolute Gasteiger partial charge is 0.227 e. The lowest BCUT2D eigenvalue weighted by atomic mass is 9.93. The SMILES string of the molecule is CC(=O)NC[C@@H]1C[C@@H](c2ccc(-c3ccc(N4CCNCC4)nc3)c(F)c2)C(=O)N1. The number of carbonyl (C=O) groups is 2. The molecule has 2 aliphatic heterocycles. The van der Waals surface area contributed by atoms with E-state index in [1.54, 1.807) is 18.3 Å². The molecule has 7 nitrogen and oxygen atoms in total. The number of nitrogens with zero attached hydrogens (tertiary/aromatic N) is 2. The summed E-state index contributed by atoms with van der Waals surface area (Å²) in [5.41, 5.74) is 1.81.